The van der Waals surface area contributed by atoms with Gasteiger partial charge in [-0.15, -0.1) is 0 Å². The Kier molecular flexibility index (Phi) is 3.01. The van der Waals surface area contributed by atoms with Gasteiger partial charge in [-0.05, 0) is 18.2 Å². The normalized spacial score (nSPS) is 10.2. The molecule has 0 unspecified atom stereocenters. The molecule has 0 spiro atoms. The highest BCUT2D eigenvalue weighted by atomic mass is 16.1. The van der Waals surface area contributed by atoms with Gasteiger partial charge in [0.2, 0.25) is 5.56 Å². The minimum atomic E-state index is -0.297. The van der Waals surface area contributed by atoms with Crippen LogP contribution in [-0.2, 0) is 0 Å². The fourth-order valence-corrected chi connectivity index (χ4v) is 2.07. The number of nitrogens with one attached hydrogen (secondary N) is 1. The number of ketones is 1. The predicted octanol–water partition coefficient (Wildman–Crippen LogP) is 1.42. The Bertz CT molecular complexity index is 939. The molecule has 0 saturated heterocycles. The molecule has 0 bridgehead atoms. The molecule has 0 aliphatic heterocycles. The zero-order valence-corrected chi connectivity index (χ0v) is 10.7. The molecule has 0 aliphatic carbocycles. The zero-order chi connectivity index (χ0) is 14.8. The third-order valence-electron chi connectivity index (χ3n) is 3.04. The van der Waals surface area contributed by atoms with Gasteiger partial charge in [0.15, 0.2) is 5.78 Å². The second-order valence-corrected chi connectivity index (χ2v) is 4.38. The van der Waals surface area contributed by atoms with Crippen LogP contribution in [0.3, 0.4) is 0 Å². The molecule has 0 fully saturated rings. The van der Waals surface area contributed by atoms with Crippen LogP contribution in [0.2, 0.25) is 0 Å². The van der Waals surface area contributed by atoms with Crippen LogP contribution in [0.1, 0.15) is 21.5 Å². The number of hydrogen-bond donors (Lipinski definition) is 1. The van der Waals surface area contributed by atoms with Gasteiger partial charge >= 0.3 is 0 Å². The number of H-pyrrole nitrogens is 1. The third-order valence-corrected chi connectivity index (χ3v) is 3.04. The van der Waals surface area contributed by atoms with E-state index in [9.17, 15) is 14.9 Å². The van der Waals surface area contributed by atoms with Crippen LogP contribution in [0.25, 0.3) is 10.9 Å². The first-order valence-electron chi connectivity index (χ1n) is 6.06. The van der Waals surface area contributed by atoms with E-state index in [2.05, 4.69) is 15.0 Å². The van der Waals surface area contributed by atoms with Crippen molar-refractivity contribution in [2.75, 3.05) is 0 Å². The van der Waals surface area contributed by atoms with Gasteiger partial charge in [0.05, 0.1) is 16.6 Å². The summed E-state index contributed by atoms with van der Waals surface area (Å²) in [5.74, 6) is -0.278. The highest BCUT2D eigenvalue weighted by Crippen LogP contribution is 2.19. The molecule has 0 aliphatic rings. The molecule has 2 heterocycles. The van der Waals surface area contributed by atoms with Crippen molar-refractivity contribution in [3.05, 3.63) is 70.0 Å². The first-order valence-corrected chi connectivity index (χ1v) is 6.06. The van der Waals surface area contributed by atoms with Crippen LogP contribution in [0.5, 0.6) is 0 Å². The van der Waals surface area contributed by atoms with Crippen molar-refractivity contribution < 1.29 is 4.79 Å². The molecule has 6 nitrogen and oxygen atoms in total. The van der Waals surface area contributed by atoms with E-state index in [1.54, 1.807) is 12.1 Å². The summed E-state index contributed by atoms with van der Waals surface area (Å²) >= 11 is 0. The van der Waals surface area contributed by atoms with Crippen molar-refractivity contribution in [1.29, 1.82) is 5.26 Å². The maximum atomic E-state index is 12.4. The highest BCUT2D eigenvalue weighted by molar-refractivity contribution is 6.10. The summed E-state index contributed by atoms with van der Waals surface area (Å²) in [4.78, 5) is 33.9. The summed E-state index contributed by atoms with van der Waals surface area (Å²) in [6, 6.07) is 8.00. The maximum Gasteiger partial charge on any atom is 0.248 e. The van der Waals surface area contributed by atoms with E-state index in [1.165, 1.54) is 30.9 Å². The molecule has 0 radical (unpaired) electrons. The Balaban J connectivity index is 2.21. The Labute approximate surface area is 118 Å². The van der Waals surface area contributed by atoms with Crippen molar-refractivity contribution in [1.82, 2.24) is 15.0 Å². The lowest BCUT2D eigenvalue weighted by Gasteiger charge is -2.05. The quantitative estimate of drug-likeness (QED) is 0.713. The van der Waals surface area contributed by atoms with E-state index < -0.39 is 0 Å². The van der Waals surface area contributed by atoms with Crippen LogP contribution in [0.4, 0.5) is 0 Å². The SMILES string of the molecule is N#Cc1cc(C(=O)c2cncnc2)cc2ccc(=O)[nH]c12. The molecule has 0 amide bonds. The van der Waals surface area contributed by atoms with E-state index in [0.29, 0.717) is 22.0 Å². The Hall–Kier alpha value is -3.33. The summed E-state index contributed by atoms with van der Waals surface area (Å²) in [5.41, 5.74) is 1.05. The monoisotopic (exact) mass is 276 g/mol. The number of nitrogens with zero attached hydrogens (tertiary/aromatic N) is 3. The van der Waals surface area contributed by atoms with Crippen LogP contribution < -0.4 is 5.56 Å². The van der Waals surface area contributed by atoms with Crippen LogP contribution in [0, 0.1) is 11.3 Å². The molecule has 1 N–H and O–H groups in total. The molecular weight excluding hydrogens is 268 g/mol. The van der Waals surface area contributed by atoms with Gasteiger partial charge in [0.1, 0.15) is 12.4 Å². The van der Waals surface area contributed by atoms with Crippen molar-refractivity contribution in [2.45, 2.75) is 0 Å². The molecule has 100 valence electrons. The molecule has 0 saturated carbocycles. The summed E-state index contributed by atoms with van der Waals surface area (Å²) < 4.78 is 0. The minimum Gasteiger partial charge on any atom is -0.321 e. The average Bonchev–Trinajstić information content (AvgIpc) is 2.54. The third kappa shape index (κ3) is 2.28. The van der Waals surface area contributed by atoms with Gasteiger partial charge in [-0.25, -0.2) is 9.97 Å². The lowest BCUT2D eigenvalue weighted by Crippen LogP contribution is -2.07. The summed E-state index contributed by atoms with van der Waals surface area (Å²) in [6.45, 7) is 0. The molecule has 0 atom stereocenters. The molecule has 2 aromatic heterocycles. The van der Waals surface area contributed by atoms with Gasteiger partial charge in [-0.2, -0.15) is 5.26 Å². The van der Waals surface area contributed by atoms with E-state index >= 15 is 0 Å². The van der Waals surface area contributed by atoms with Crippen LogP contribution in [-0.4, -0.2) is 20.7 Å². The Morgan fingerprint density at radius 2 is 1.90 bits per heavy atom. The number of fused-ring (bicyclic) bond motifs is 1. The maximum absolute atomic E-state index is 12.4. The second-order valence-electron chi connectivity index (χ2n) is 4.38. The predicted molar refractivity (Wildman–Crippen MR) is 74.7 cm³/mol. The number of nitriles is 1. The van der Waals surface area contributed by atoms with Crippen molar-refractivity contribution in [2.24, 2.45) is 0 Å². The summed E-state index contributed by atoms with van der Waals surface area (Å²) in [6.07, 6.45) is 4.17. The summed E-state index contributed by atoms with van der Waals surface area (Å²) in [7, 11) is 0. The van der Waals surface area contributed by atoms with Crippen molar-refractivity contribution >= 4 is 16.7 Å². The first kappa shape index (κ1) is 12.7. The number of aromatic nitrogens is 3. The highest BCUT2D eigenvalue weighted by Gasteiger charge is 2.13. The number of carbonyl (C=O) groups excluding carboxylic acids is 1. The number of pyridine rings is 1. The Morgan fingerprint density at radius 1 is 1.14 bits per heavy atom. The fraction of sp³-hybridized carbons (Fsp3) is 0. The molecule has 6 heteroatoms. The van der Waals surface area contributed by atoms with E-state index in [4.69, 9.17) is 0 Å². The topological polar surface area (TPSA) is 99.5 Å². The van der Waals surface area contributed by atoms with Crippen LogP contribution >= 0.6 is 0 Å². The summed E-state index contributed by atoms with van der Waals surface area (Å²) in [5, 5.41) is 9.81. The zero-order valence-electron chi connectivity index (χ0n) is 10.7. The number of benzene rings is 1. The molecule has 3 aromatic rings. The second kappa shape index (κ2) is 4.98. The number of rotatable bonds is 2. The van der Waals surface area contributed by atoms with Gasteiger partial charge < -0.3 is 4.98 Å². The van der Waals surface area contributed by atoms with Gasteiger partial charge in [-0.3, -0.25) is 9.59 Å². The van der Waals surface area contributed by atoms with Gasteiger partial charge in [0, 0.05) is 29.4 Å². The van der Waals surface area contributed by atoms with E-state index in [0.717, 1.165) is 0 Å². The van der Waals surface area contributed by atoms with Crippen LogP contribution in [0.15, 0.2) is 47.8 Å². The fourth-order valence-electron chi connectivity index (χ4n) is 2.07. The lowest BCUT2D eigenvalue weighted by atomic mass is 10.0. The Morgan fingerprint density at radius 3 is 2.62 bits per heavy atom. The van der Waals surface area contributed by atoms with Gasteiger partial charge in [0.25, 0.3) is 0 Å². The average molecular weight is 276 g/mol. The van der Waals surface area contributed by atoms with Crippen molar-refractivity contribution in [3.8, 4) is 6.07 Å². The number of carbonyl (C=O) groups is 1. The largest absolute Gasteiger partial charge is 0.321 e. The van der Waals surface area contributed by atoms with Crippen molar-refractivity contribution in [3.63, 3.8) is 0 Å². The molecular formula is C15H8N4O2. The minimum absolute atomic E-state index is 0.241. The molecule has 3 rings (SSSR count). The van der Waals surface area contributed by atoms with Gasteiger partial charge in [-0.1, -0.05) is 0 Å². The smallest absolute Gasteiger partial charge is 0.248 e. The van der Waals surface area contributed by atoms with E-state index in [1.807, 2.05) is 6.07 Å². The molecule has 1 aromatic carbocycles. The molecule has 21 heavy (non-hydrogen) atoms. The number of hydrogen-bond acceptors (Lipinski definition) is 5. The number of aromatic amines is 1. The lowest BCUT2D eigenvalue weighted by molar-refractivity contribution is 0.103. The standard InChI is InChI=1S/C15H8N4O2/c16-5-11-4-10(15(21)12-6-17-8-18-7-12)3-9-1-2-13(20)19-14(9)11/h1-4,6-8H,(H,19,20). The first-order chi connectivity index (χ1) is 10.2. The van der Waals surface area contributed by atoms with E-state index in [-0.39, 0.29) is 16.9 Å².